The summed E-state index contributed by atoms with van der Waals surface area (Å²) in [6.45, 7) is 5.51. The Morgan fingerprint density at radius 2 is 1.71 bits per heavy atom. The van der Waals surface area contributed by atoms with Gasteiger partial charge in [0.1, 0.15) is 23.5 Å². The molecule has 5 heterocycles. The Labute approximate surface area is 368 Å². The lowest BCUT2D eigenvalue weighted by molar-refractivity contribution is -0.141. The molecule has 15 nitrogen and oxygen atoms in total. The topological polar surface area (TPSA) is 215 Å². The van der Waals surface area contributed by atoms with Gasteiger partial charge < -0.3 is 20.6 Å². The molecule has 0 radical (unpaired) electrons. The van der Waals surface area contributed by atoms with Crippen molar-refractivity contribution < 1.29 is 33.9 Å². The second kappa shape index (κ2) is 16.6. The van der Waals surface area contributed by atoms with Gasteiger partial charge in [-0.05, 0) is 126 Å². The minimum absolute atomic E-state index is 0.000598. The number of amides is 6. The minimum atomic E-state index is -1.27. The number of likely N-dealkylation sites (tertiary alicyclic amines) is 1. The molecule has 2 aliphatic carbocycles. The van der Waals surface area contributed by atoms with Crippen LogP contribution in [0.15, 0.2) is 48.5 Å². The molecule has 1 atom stereocenters. The second-order valence-electron chi connectivity index (χ2n) is 18.5. The van der Waals surface area contributed by atoms with Gasteiger partial charge in [-0.2, -0.15) is 5.26 Å². The number of hydrogen-bond acceptors (Lipinski definition) is 12. The molecule has 1 unspecified atom stereocenters. The number of fused-ring (bicyclic) bond motifs is 2. The number of imide groups is 2. The molecule has 1 spiro atoms. The summed E-state index contributed by atoms with van der Waals surface area (Å²) < 4.78 is 0.885. The summed E-state index contributed by atoms with van der Waals surface area (Å²) in [6.07, 6.45) is 8.66. The highest BCUT2D eigenvalue weighted by atomic mass is 32.1. The first-order valence-electron chi connectivity index (χ1n) is 21.9. The van der Waals surface area contributed by atoms with E-state index in [0.29, 0.717) is 29.4 Å². The van der Waals surface area contributed by atoms with E-state index in [1.165, 1.54) is 12.1 Å². The van der Waals surface area contributed by atoms with Crippen molar-refractivity contribution in [3.8, 4) is 6.07 Å². The van der Waals surface area contributed by atoms with Crippen LogP contribution in [-0.4, -0.2) is 86.0 Å². The number of nitrogens with one attached hydrogen (secondary N) is 3. The van der Waals surface area contributed by atoms with Gasteiger partial charge in [0, 0.05) is 54.8 Å². The zero-order valence-corrected chi connectivity index (χ0v) is 36.2. The molecule has 4 N–H and O–H groups in total. The number of nitrogens with zero attached hydrogens (tertiary/aromatic N) is 5. The maximum absolute atomic E-state index is 13.8. The number of thiazole rings is 1. The van der Waals surface area contributed by atoms with Gasteiger partial charge in [0.05, 0.1) is 32.0 Å². The Morgan fingerprint density at radius 1 is 0.968 bits per heavy atom. The Hall–Kier alpha value is -6.05. The van der Waals surface area contributed by atoms with E-state index in [0.717, 1.165) is 91.0 Å². The van der Waals surface area contributed by atoms with Crippen molar-refractivity contribution in [2.45, 2.75) is 102 Å². The van der Waals surface area contributed by atoms with Crippen LogP contribution in [0.1, 0.15) is 138 Å². The van der Waals surface area contributed by atoms with Crippen LogP contribution in [0, 0.1) is 28.6 Å². The number of aliphatic hydroxyl groups is 1. The molecule has 3 aliphatic heterocycles. The number of rotatable bonds is 10. The van der Waals surface area contributed by atoms with Crippen molar-refractivity contribution in [3.05, 3.63) is 81.6 Å². The number of carbonyl (C=O) groups excluding carboxylic acids is 6. The van der Waals surface area contributed by atoms with Crippen LogP contribution in [0.25, 0.3) is 10.2 Å². The fourth-order valence-corrected chi connectivity index (χ4v) is 11.6. The lowest BCUT2D eigenvalue weighted by atomic mass is 9.57. The highest BCUT2D eigenvalue weighted by Gasteiger charge is 2.48. The third kappa shape index (κ3) is 8.20. The van der Waals surface area contributed by atoms with Crippen LogP contribution in [0.4, 0.5) is 11.4 Å². The van der Waals surface area contributed by atoms with Crippen LogP contribution in [-0.2, 0) is 20.0 Å². The standard InChI is InChI=1S/C47H50N8O7S/c1-46(2,62)31-21-35-37(22-34(31)51-40(57)33-8-3-5-29(25-48)50-33)63-42(52-35)27-9-11-28(12-10-27)43(59)54-19-16-47(17-20-54)23-26(24-47)15-18-49-32-7-4-6-30-39(32)45(61)55(44(30)60)36-13-14-38(56)53-41(36)58/h3-8,21-22,26-28,36,49,62H,9-20,23-24H2,1-2H3,(H,51,57)(H,53,56,58)/t27-,28-,36?. The normalized spacial score (nSPS) is 22.4. The number of benzene rings is 2. The summed E-state index contributed by atoms with van der Waals surface area (Å²) in [5.41, 5.74) is 2.09. The van der Waals surface area contributed by atoms with E-state index in [1.54, 1.807) is 49.4 Å². The Morgan fingerprint density at radius 3 is 2.43 bits per heavy atom. The van der Waals surface area contributed by atoms with Gasteiger partial charge in [-0.25, -0.2) is 9.97 Å². The molecule has 63 heavy (non-hydrogen) atoms. The summed E-state index contributed by atoms with van der Waals surface area (Å²) in [5, 5.41) is 29.8. The third-order valence-electron chi connectivity index (χ3n) is 13.9. The maximum Gasteiger partial charge on any atom is 0.274 e. The third-order valence-corrected chi connectivity index (χ3v) is 15.1. The van der Waals surface area contributed by atoms with Gasteiger partial charge in [0.25, 0.3) is 17.7 Å². The van der Waals surface area contributed by atoms with Gasteiger partial charge in [0.2, 0.25) is 17.7 Å². The first-order chi connectivity index (χ1) is 30.2. The number of carbonyl (C=O) groups is 6. The van der Waals surface area contributed by atoms with Crippen LogP contribution in [0.3, 0.4) is 0 Å². The number of nitriles is 1. The zero-order chi connectivity index (χ0) is 44.2. The molecule has 16 heteroatoms. The summed E-state index contributed by atoms with van der Waals surface area (Å²) in [4.78, 5) is 89.9. The Kier molecular flexibility index (Phi) is 11.1. The Balaban J connectivity index is 0.742. The monoisotopic (exact) mass is 870 g/mol. The van der Waals surface area contributed by atoms with E-state index >= 15 is 0 Å². The summed E-state index contributed by atoms with van der Waals surface area (Å²) in [5.74, 6) is -1.53. The number of anilines is 2. The van der Waals surface area contributed by atoms with E-state index < -0.39 is 41.2 Å². The first-order valence-corrected chi connectivity index (χ1v) is 22.7. The SMILES string of the molecule is CC(C)(O)c1cc2nc([C@H]3CC[C@H](C(=O)N4CCC5(CC4)CC(CCNc4cccc6c4C(=O)N(C4CCC(=O)NC4=O)C6=O)C5)CC3)sc2cc1NC(=O)c1cccc(C#N)n1. The second-order valence-corrected chi connectivity index (χ2v) is 19.6. The molecule has 2 saturated carbocycles. The molecule has 0 bridgehead atoms. The maximum atomic E-state index is 13.8. The van der Waals surface area contributed by atoms with Crippen LogP contribution in [0.2, 0.25) is 0 Å². The fraction of sp³-hybridized carbons (Fsp3) is 0.468. The van der Waals surface area contributed by atoms with Crippen molar-refractivity contribution in [1.82, 2.24) is 25.1 Å². The highest BCUT2D eigenvalue weighted by Crippen LogP contribution is 2.54. The van der Waals surface area contributed by atoms with Crippen molar-refractivity contribution >= 4 is 68.4 Å². The molecule has 4 fully saturated rings. The van der Waals surface area contributed by atoms with Gasteiger partial charge in [0.15, 0.2) is 0 Å². The van der Waals surface area contributed by atoms with E-state index in [-0.39, 0.29) is 58.5 Å². The largest absolute Gasteiger partial charge is 0.386 e. The van der Waals surface area contributed by atoms with Gasteiger partial charge >= 0.3 is 0 Å². The molecule has 2 aromatic heterocycles. The lowest BCUT2D eigenvalue weighted by Crippen LogP contribution is -2.54. The number of piperidine rings is 2. The van der Waals surface area contributed by atoms with E-state index in [2.05, 4.69) is 25.8 Å². The zero-order valence-electron chi connectivity index (χ0n) is 35.4. The number of hydrogen-bond donors (Lipinski definition) is 4. The van der Waals surface area contributed by atoms with Crippen molar-refractivity contribution in [1.29, 1.82) is 5.26 Å². The van der Waals surface area contributed by atoms with Gasteiger partial charge in [-0.1, -0.05) is 12.1 Å². The van der Waals surface area contributed by atoms with Gasteiger partial charge in [-0.3, -0.25) is 39.0 Å². The molecule has 9 rings (SSSR count). The van der Waals surface area contributed by atoms with Gasteiger partial charge in [-0.15, -0.1) is 11.3 Å². The number of pyridine rings is 1. The molecule has 2 saturated heterocycles. The minimum Gasteiger partial charge on any atom is -0.386 e. The highest BCUT2D eigenvalue weighted by molar-refractivity contribution is 7.18. The number of aromatic nitrogens is 2. The van der Waals surface area contributed by atoms with Crippen LogP contribution in [0.5, 0.6) is 0 Å². The molecule has 6 amide bonds. The molecular formula is C47H50N8O7S. The average Bonchev–Trinajstić information content (AvgIpc) is 3.80. The van der Waals surface area contributed by atoms with Crippen molar-refractivity contribution in [2.75, 3.05) is 30.3 Å². The lowest BCUT2D eigenvalue weighted by Gasteiger charge is -2.53. The molecule has 2 aromatic carbocycles. The quantitative estimate of drug-likeness (QED) is 0.131. The fourth-order valence-electron chi connectivity index (χ4n) is 10.5. The molecule has 4 aromatic rings. The van der Waals surface area contributed by atoms with Crippen molar-refractivity contribution in [3.63, 3.8) is 0 Å². The predicted octanol–water partition coefficient (Wildman–Crippen LogP) is 6.24. The van der Waals surface area contributed by atoms with E-state index in [9.17, 15) is 39.1 Å². The van der Waals surface area contributed by atoms with Crippen LogP contribution >= 0.6 is 11.3 Å². The molecular weight excluding hydrogens is 821 g/mol. The van der Waals surface area contributed by atoms with Crippen molar-refractivity contribution in [2.24, 2.45) is 17.3 Å². The molecule has 326 valence electrons. The summed E-state index contributed by atoms with van der Waals surface area (Å²) in [6, 6.07) is 14.4. The van der Waals surface area contributed by atoms with E-state index in [4.69, 9.17) is 4.98 Å². The molecule has 5 aliphatic rings. The van der Waals surface area contributed by atoms with Crippen LogP contribution < -0.4 is 16.0 Å². The average molecular weight is 871 g/mol. The smallest absolute Gasteiger partial charge is 0.274 e. The first kappa shape index (κ1) is 42.3. The predicted molar refractivity (Wildman–Crippen MR) is 234 cm³/mol. The summed E-state index contributed by atoms with van der Waals surface area (Å²) in [7, 11) is 0. The Bertz CT molecular complexity index is 2590. The van der Waals surface area contributed by atoms with E-state index in [1.807, 2.05) is 18.2 Å². The summed E-state index contributed by atoms with van der Waals surface area (Å²) >= 11 is 1.58.